The SMILES string of the molecule is N#Cc1cc(CN2CCC(=O)c3ncccc32)ccc1F. The molecule has 0 fully saturated rings. The number of Topliss-reactive ketones (excluding diaryl/α,β-unsaturated/α-hetero) is 1. The normalized spacial score (nSPS) is 13.7. The third kappa shape index (κ3) is 2.48. The number of anilines is 1. The zero-order valence-corrected chi connectivity index (χ0v) is 11.2. The Morgan fingerprint density at radius 2 is 2.24 bits per heavy atom. The fraction of sp³-hybridized carbons (Fsp3) is 0.188. The van der Waals surface area contributed by atoms with Crippen molar-refractivity contribution in [2.75, 3.05) is 11.4 Å². The number of fused-ring (bicyclic) bond motifs is 1. The standard InChI is InChI=1S/C16H12FN3O/c17-13-4-3-11(8-12(13)9-18)10-20-7-5-15(21)16-14(20)2-1-6-19-16/h1-4,6,8H,5,7,10H2. The van der Waals surface area contributed by atoms with E-state index in [0.29, 0.717) is 25.2 Å². The first-order valence-corrected chi connectivity index (χ1v) is 6.61. The summed E-state index contributed by atoms with van der Waals surface area (Å²) >= 11 is 0. The molecule has 1 aliphatic heterocycles. The molecule has 1 aromatic carbocycles. The molecule has 0 amide bonds. The molecule has 1 aromatic heterocycles. The van der Waals surface area contributed by atoms with Gasteiger partial charge in [-0.05, 0) is 29.8 Å². The van der Waals surface area contributed by atoms with Crippen molar-refractivity contribution in [3.05, 3.63) is 59.2 Å². The van der Waals surface area contributed by atoms with Gasteiger partial charge in [0.05, 0.1) is 11.3 Å². The molecule has 0 radical (unpaired) electrons. The number of benzene rings is 1. The molecule has 1 aliphatic rings. The van der Waals surface area contributed by atoms with E-state index in [2.05, 4.69) is 4.98 Å². The summed E-state index contributed by atoms with van der Waals surface area (Å²) < 4.78 is 13.3. The fourth-order valence-corrected chi connectivity index (χ4v) is 2.48. The molecule has 4 nitrogen and oxygen atoms in total. The zero-order chi connectivity index (χ0) is 14.8. The van der Waals surface area contributed by atoms with Crippen LogP contribution in [-0.4, -0.2) is 17.3 Å². The molecule has 5 heteroatoms. The molecule has 0 saturated carbocycles. The maximum Gasteiger partial charge on any atom is 0.185 e. The van der Waals surface area contributed by atoms with Crippen molar-refractivity contribution in [3.8, 4) is 6.07 Å². The number of hydrogen-bond acceptors (Lipinski definition) is 4. The van der Waals surface area contributed by atoms with Crippen molar-refractivity contribution >= 4 is 11.5 Å². The molecule has 0 spiro atoms. The van der Waals surface area contributed by atoms with E-state index in [1.54, 1.807) is 24.4 Å². The minimum absolute atomic E-state index is 0.0343. The quantitative estimate of drug-likeness (QED) is 0.849. The van der Waals surface area contributed by atoms with Crippen molar-refractivity contribution in [2.45, 2.75) is 13.0 Å². The zero-order valence-electron chi connectivity index (χ0n) is 11.2. The second-order valence-corrected chi connectivity index (χ2v) is 4.89. The van der Waals surface area contributed by atoms with Crippen LogP contribution in [0.4, 0.5) is 10.1 Å². The summed E-state index contributed by atoms with van der Waals surface area (Å²) in [5.74, 6) is -0.476. The van der Waals surface area contributed by atoms with Crippen LogP contribution < -0.4 is 4.90 Å². The van der Waals surface area contributed by atoms with Gasteiger partial charge in [0, 0.05) is 25.7 Å². The van der Waals surface area contributed by atoms with Crippen molar-refractivity contribution in [3.63, 3.8) is 0 Å². The molecular weight excluding hydrogens is 269 g/mol. The van der Waals surface area contributed by atoms with Crippen molar-refractivity contribution in [1.82, 2.24) is 4.98 Å². The molecule has 0 unspecified atom stereocenters. The number of aromatic nitrogens is 1. The average molecular weight is 281 g/mol. The van der Waals surface area contributed by atoms with Crippen LogP contribution in [-0.2, 0) is 6.54 Å². The highest BCUT2D eigenvalue weighted by Gasteiger charge is 2.24. The van der Waals surface area contributed by atoms with Crippen LogP contribution >= 0.6 is 0 Å². The largest absolute Gasteiger partial charge is 0.365 e. The van der Waals surface area contributed by atoms with Crippen LogP contribution in [0.2, 0.25) is 0 Å². The van der Waals surface area contributed by atoms with E-state index in [-0.39, 0.29) is 11.3 Å². The number of carbonyl (C=O) groups excluding carboxylic acids is 1. The first-order valence-electron chi connectivity index (χ1n) is 6.61. The minimum Gasteiger partial charge on any atom is -0.365 e. The van der Waals surface area contributed by atoms with Gasteiger partial charge in [0.1, 0.15) is 17.6 Å². The maximum absolute atomic E-state index is 13.3. The molecule has 2 aromatic rings. The Kier molecular flexibility index (Phi) is 3.36. The van der Waals surface area contributed by atoms with E-state index in [4.69, 9.17) is 5.26 Å². The van der Waals surface area contributed by atoms with E-state index in [9.17, 15) is 9.18 Å². The lowest BCUT2D eigenvalue weighted by Gasteiger charge is -2.29. The van der Waals surface area contributed by atoms with Crippen LogP contribution in [0.25, 0.3) is 0 Å². The Morgan fingerprint density at radius 1 is 1.38 bits per heavy atom. The highest BCUT2D eigenvalue weighted by molar-refractivity contribution is 6.01. The van der Waals surface area contributed by atoms with Gasteiger partial charge in [-0.3, -0.25) is 9.78 Å². The topological polar surface area (TPSA) is 57.0 Å². The van der Waals surface area contributed by atoms with Gasteiger partial charge in [0.15, 0.2) is 5.78 Å². The van der Waals surface area contributed by atoms with Crippen molar-refractivity contribution in [1.29, 1.82) is 5.26 Å². The number of halogens is 1. The molecule has 0 aliphatic carbocycles. The molecule has 104 valence electrons. The Hall–Kier alpha value is -2.74. The smallest absolute Gasteiger partial charge is 0.185 e. The Morgan fingerprint density at radius 3 is 3.05 bits per heavy atom. The summed E-state index contributed by atoms with van der Waals surface area (Å²) in [6.45, 7) is 1.11. The predicted octanol–water partition coefficient (Wildman–Crippen LogP) is 2.69. The van der Waals surface area contributed by atoms with E-state index in [0.717, 1.165) is 11.3 Å². The van der Waals surface area contributed by atoms with Crippen LogP contribution in [0.15, 0.2) is 36.5 Å². The number of ketones is 1. The summed E-state index contributed by atoms with van der Waals surface area (Å²) in [6.07, 6.45) is 2.02. The third-order valence-corrected chi connectivity index (χ3v) is 3.52. The van der Waals surface area contributed by atoms with Crippen LogP contribution in [0.5, 0.6) is 0 Å². The summed E-state index contributed by atoms with van der Waals surface area (Å²) in [7, 11) is 0. The van der Waals surface area contributed by atoms with Crippen LogP contribution in [0.1, 0.15) is 28.0 Å². The first kappa shape index (κ1) is 13.3. The molecule has 0 saturated heterocycles. The highest BCUT2D eigenvalue weighted by atomic mass is 19.1. The molecule has 0 bridgehead atoms. The second-order valence-electron chi connectivity index (χ2n) is 4.89. The molecule has 0 N–H and O–H groups in total. The fourth-order valence-electron chi connectivity index (χ4n) is 2.48. The van der Waals surface area contributed by atoms with Gasteiger partial charge in [0.2, 0.25) is 0 Å². The Labute approximate surface area is 121 Å². The highest BCUT2D eigenvalue weighted by Crippen LogP contribution is 2.26. The number of carbonyl (C=O) groups is 1. The van der Waals surface area contributed by atoms with Gasteiger partial charge in [-0.1, -0.05) is 6.07 Å². The van der Waals surface area contributed by atoms with Crippen LogP contribution in [0, 0.1) is 17.1 Å². The molecule has 2 heterocycles. The lowest BCUT2D eigenvalue weighted by atomic mass is 10.0. The van der Waals surface area contributed by atoms with Gasteiger partial charge >= 0.3 is 0 Å². The molecule has 0 atom stereocenters. The summed E-state index contributed by atoms with van der Waals surface area (Å²) in [6, 6.07) is 9.98. The lowest BCUT2D eigenvalue weighted by Crippen LogP contribution is -2.32. The predicted molar refractivity (Wildman–Crippen MR) is 75.3 cm³/mol. The van der Waals surface area contributed by atoms with E-state index < -0.39 is 5.82 Å². The van der Waals surface area contributed by atoms with Crippen molar-refractivity contribution < 1.29 is 9.18 Å². The molecule has 3 rings (SSSR count). The number of nitrogens with zero attached hydrogens (tertiary/aromatic N) is 3. The second kappa shape index (κ2) is 5.33. The maximum atomic E-state index is 13.3. The van der Waals surface area contributed by atoms with E-state index >= 15 is 0 Å². The summed E-state index contributed by atoms with van der Waals surface area (Å²) in [4.78, 5) is 18.0. The van der Waals surface area contributed by atoms with Gasteiger partial charge in [-0.2, -0.15) is 5.26 Å². The summed E-state index contributed by atoms with van der Waals surface area (Å²) in [5.41, 5.74) is 2.13. The van der Waals surface area contributed by atoms with E-state index in [1.165, 1.54) is 6.07 Å². The van der Waals surface area contributed by atoms with Gasteiger partial charge in [-0.15, -0.1) is 0 Å². The van der Waals surface area contributed by atoms with Crippen LogP contribution in [0.3, 0.4) is 0 Å². The molecular formula is C16H12FN3O. The Bertz CT molecular complexity index is 751. The molecule has 21 heavy (non-hydrogen) atoms. The number of rotatable bonds is 2. The van der Waals surface area contributed by atoms with Gasteiger partial charge in [0.25, 0.3) is 0 Å². The third-order valence-electron chi connectivity index (χ3n) is 3.52. The van der Waals surface area contributed by atoms with Crippen molar-refractivity contribution in [2.24, 2.45) is 0 Å². The monoisotopic (exact) mass is 281 g/mol. The number of hydrogen-bond donors (Lipinski definition) is 0. The lowest BCUT2D eigenvalue weighted by molar-refractivity contribution is 0.0974. The number of pyridine rings is 1. The summed E-state index contributed by atoms with van der Waals surface area (Å²) in [5, 5.41) is 8.88. The average Bonchev–Trinajstić information content (AvgIpc) is 2.52. The first-order chi connectivity index (χ1) is 10.2. The number of nitriles is 1. The minimum atomic E-state index is -0.517. The van der Waals surface area contributed by atoms with Gasteiger partial charge < -0.3 is 4.90 Å². The Balaban J connectivity index is 1.91. The van der Waals surface area contributed by atoms with Gasteiger partial charge in [-0.25, -0.2) is 4.39 Å². The van der Waals surface area contributed by atoms with E-state index in [1.807, 2.05) is 17.0 Å².